The molecule has 1 saturated heterocycles. The number of halogens is 1. The van der Waals surface area contributed by atoms with E-state index in [0.717, 1.165) is 16.4 Å². The van der Waals surface area contributed by atoms with E-state index < -0.39 is 21.9 Å². The molecule has 1 aliphatic rings. The van der Waals surface area contributed by atoms with E-state index in [2.05, 4.69) is 4.90 Å². The molecule has 6 nitrogen and oxygen atoms in total. The van der Waals surface area contributed by atoms with Crippen LogP contribution in [0.3, 0.4) is 0 Å². The van der Waals surface area contributed by atoms with Crippen LogP contribution in [0.4, 0.5) is 9.18 Å². The topological polar surface area (TPSA) is 60.9 Å². The van der Waals surface area contributed by atoms with Crippen molar-refractivity contribution >= 4 is 16.1 Å². The van der Waals surface area contributed by atoms with Gasteiger partial charge in [0, 0.05) is 31.7 Å². The molecule has 2 aromatic rings. The number of hydrogen-bond donors (Lipinski definition) is 0. The molecule has 1 heterocycles. The minimum Gasteiger partial charge on any atom is -0.321 e. The van der Waals surface area contributed by atoms with Gasteiger partial charge in [0.25, 0.3) is 10.0 Å². The van der Waals surface area contributed by atoms with Crippen molar-refractivity contribution in [2.24, 2.45) is 0 Å². The molecule has 0 unspecified atom stereocenters. The second kappa shape index (κ2) is 8.92. The van der Waals surface area contributed by atoms with Crippen LogP contribution < -0.4 is 0 Å². The van der Waals surface area contributed by atoms with Crippen LogP contribution in [0.5, 0.6) is 0 Å². The number of sulfonamides is 1. The molecule has 0 aliphatic carbocycles. The van der Waals surface area contributed by atoms with E-state index in [-0.39, 0.29) is 17.0 Å². The maximum atomic E-state index is 14.2. The van der Waals surface area contributed by atoms with Gasteiger partial charge in [0.05, 0.1) is 11.4 Å². The number of amides is 2. The second-order valence-corrected chi connectivity index (χ2v) is 8.98. The third-order valence-electron chi connectivity index (χ3n) is 5.18. The number of piperazine rings is 1. The molecule has 156 valence electrons. The first-order chi connectivity index (χ1) is 13.8. The first-order valence-corrected chi connectivity index (χ1v) is 11.1. The summed E-state index contributed by atoms with van der Waals surface area (Å²) in [6, 6.07) is 11.6. The van der Waals surface area contributed by atoms with E-state index in [0.29, 0.717) is 26.2 Å². The first kappa shape index (κ1) is 21.3. The molecule has 0 radical (unpaired) electrons. The van der Waals surface area contributed by atoms with Crippen LogP contribution in [-0.2, 0) is 16.6 Å². The third-order valence-corrected chi connectivity index (χ3v) is 6.92. The fourth-order valence-electron chi connectivity index (χ4n) is 3.29. The number of benzene rings is 2. The van der Waals surface area contributed by atoms with Gasteiger partial charge in [0.15, 0.2) is 0 Å². The number of hydrogen-bond acceptors (Lipinski definition) is 4. The van der Waals surface area contributed by atoms with Crippen molar-refractivity contribution in [1.29, 1.82) is 0 Å². The van der Waals surface area contributed by atoms with Gasteiger partial charge in [-0.1, -0.05) is 42.8 Å². The normalized spacial score (nSPS) is 15.3. The highest BCUT2D eigenvalue weighted by Gasteiger charge is 2.34. The van der Waals surface area contributed by atoms with Crippen LogP contribution in [0.15, 0.2) is 53.4 Å². The van der Waals surface area contributed by atoms with Crippen molar-refractivity contribution in [2.75, 3.05) is 32.7 Å². The summed E-state index contributed by atoms with van der Waals surface area (Å²) in [6.45, 7) is 6.66. The lowest BCUT2D eigenvalue weighted by atomic mass is 10.2. The summed E-state index contributed by atoms with van der Waals surface area (Å²) in [5.41, 5.74) is 1.07. The van der Waals surface area contributed by atoms with E-state index in [1.54, 1.807) is 18.2 Å². The average molecular weight is 420 g/mol. The Balaban J connectivity index is 1.94. The molecule has 1 fully saturated rings. The van der Waals surface area contributed by atoms with Crippen molar-refractivity contribution in [1.82, 2.24) is 14.1 Å². The molecule has 0 bridgehead atoms. The highest BCUT2D eigenvalue weighted by molar-refractivity contribution is 7.89. The van der Waals surface area contributed by atoms with Crippen molar-refractivity contribution < 1.29 is 17.6 Å². The van der Waals surface area contributed by atoms with Crippen molar-refractivity contribution in [3.8, 4) is 0 Å². The Labute approximate surface area is 171 Å². The first-order valence-electron chi connectivity index (χ1n) is 9.67. The van der Waals surface area contributed by atoms with Crippen LogP contribution in [0, 0.1) is 12.7 Å². The summed E-state index contributed by atoms with van der Waals surface area (Å²) in [5.74, 6) is -0.541. The van der Waals surface area contributed by atoms with E-state index in [9.17, 15) is 17.6 Å². The molecular formula is C21H26FN3O3S. The Bertz CT molecular complexity index is 955. The van der Waals surface area contributed by atoms with E-state index >= 15 is 0 Å². The standard InChI is InChI=1S/C21H26FN3O3S/c1-3-23-12-14-24(15-13-23)21(26)25(16-18-6-4-5-7-20(18)22)29(27,28)19-10-8-17(2)9-11-19/h4-11H,3,12-16H2,1-2H3. The molecule has 2 aromatic carbocycles. The number of likely N-dealkylation sites (N-methyl/N-ethyl adjacent to an activating group) is 1. The predicted molar refractivity (Wildman–Crippen MR) is 109 cm³/mol. The summed E-state index contributed by atoms with van der Waals surface area (Å²) in [7, 11) is -4.14. The maximum Gasteiger partial charge on any atom is 0.334 e. The lowest BCUT2D eigenvalue weighted by molar-refractivity contribution is 0.129. The van der Waals surface area contributed by atoms with E-state index in [1.807, 2.05) is 13.8 Å². The Morgan fingerprint density at radius 3 is 2.24 bits per heavy atom. The molecule has 0 saturated carbocycles. The quantitative estimate of drug-likeness (QED) is 0.747. The van der Waals surface area contributed by atoms with Crippen LogP contribution in [-0.4, -0.2) is 61.3 Å². The molecule has 29 heavy (non-hydrogen) atoms. The Kier molecular flexibility index (Phi) is 6.54. The van der Waals surface area contributed by atoms with Crippen LogP contribution in [0.25, 0.3) is 0 Å². The largest absolute Gasteiger partial charge is 0.334 e. The highest BCUT2D eigenvalue weighted by atomic mass is 32.2. The SMILES string of the molecule is CCN1CCN(C(=O)N(Cc2ccccc2F)S(=O)(=O)c2ccc(C)cc2)CC1. The molecule has 0 atom stereocenters. The van der Waals surface area contributed by atoms with Gasteiger partial charge >= 0.3 is 6.03 Å². The van der Waals surface area contributed by atoms with E-state index in [4.69, 9.17) is 0 Å². The number of carbonyl (C=O) groups is 1. The van der Waals surface area contributed by atoms with Gasteiger partial charge in [-0.15, -0.1) is 0 Å². The number of rotatable bonds is 5. The zero-order chi connectivity index (χ0) is 21.0. The van der Waals surface area contributed by atoms with Crippen molar-refractivity contribution in [3.05, 3.63) is 65.5 Å². The Morgan fingerprint density at radius 2 is 1.66 bits per heavy atom. The summed E-state index contributed by atoms with van der Waals surface area (Å²) in [6.07, 6.45) is 0. The van der Waals surface area contributed by atoms with Gasteiger partial charge in [0.1, 0.15) is 5.82 Å². The maximum absolute atomic E-state index is 14.2. The summed E-state index contributed by atoms with van der Waals surface area (Å²) in [4.78, 5) is 17.0. The predicted octanol–water partition coefficient (Wildman–Crippen LogP) is 3.08. The van der Waals surface area contributed by atoms with Crippen molar-refractivity contribution in [2.45, 2.75) is 25.3 Å². The molecule has 1 aliphatic heterocycles. The van der Waals surface area contributed by atoms with Gasteiger partial charge < -0.3 is 9.80 Å². The lowest BCUT2D eigenvalue weighted by Crippen LogP contribution is -2.53. The highest BCUT2D eigenvalue weighted by Crippen LogP contribution is 2.22. The number of nitrogens with zero attached hydrogens (tertiary/aromatic N) is 3. The summed E-state index contributed by atoms with van der Waals surface area (Å²) in [5, 5.41) is 0. The van der Waals surface area contributed by atoms with E-state index in [1.165, 1.54) is 35.2 Å². The van der Waals surface area contributed by atoms with Crippen molar-refractivity contribution in [3.63, 3.8) is 0 Å². The van der Waals surface area contributed by atoms with Gasteiger partial charge in [-0.25, -0.2) is 21.9 Å². The minimum absolute atomic E-state index is 0.0139. The molecule has 3 rings (SSSR count). The molecule has 2 amide bonds. The van der Waals surface area contributed by atoms with Crippen LogP contribution in [0.2, 0.25) is 0 Å². The number of aryl methyl sites for hydroxylation is 1. The van der Waals surface area contributed by atoms with Crippen LogP contribution >= 0.6 is 0 Å². The zero-order valence-electron chi connectivity index (χ0n) is 16.7. The number of carbonyl (C=O) groups excluding carboxylic acids is 1. The van der Waals surface area contributed by atoms with Gasteiger partial charge in [0.2, 0.25) is 0 Å². The monoisotopic (exact) mass is 419 g/mol. The fraction of sp³-hybridized carbons (Fsp3) is 0.381. The Morgan fingerprint density at radius 1 is 1.03 bits per heavy atom. The minimum atomic E-state index is -4.14. The number of urea groups is 1. The van der Waals surface area contributed by atoms with Gasteiger partial charge in [-0.3, -0.25) is 0 Å². The van der Waals surface area contributed by atoms with Crippen LogP contribution in [0.1, 0.15) is 18.1 Å². The summed E-state index contributed by atoms with van der Waals surface area (Å²) < 4.78 is 41.7. The molecule has 0 N–H and O–H groups in total. The van der Waals surface area contributed by atoms with Gasteiger partial charge in [-0.2, -0.15) is 0 Å². The zero-order valence-corrected chi connectivity index (χ0v) is 17.5. The molecule has 0 aromatic heterocycles. The average Bonchev–Trinajstić information content (AvgIpc) is 2.73. The summed E-state index contributed by atoms with van der Waals surface area (Å²) >= 11 is 0. The molecule has 0 spiro atoms. The third kappa shape index (κ3) is 4.76. The lowest BCUT2D eigenvalue weighted by Gasteiger charge is -2.36. The smallest absolute Gasteiger partial charge is 0.321 e. The second-order valence-electron chi connectivity index (χ2n) is 7.12. The molecule has 8 heteroatoms. The Hall–Kier alpha value is -2.45. The fourth-order valence-corrected chi connectivity index (χ4v) is 4.65. The molecular weight excluding hydrogens is 393 g/mol. The van der Waals surface area contributed by atoms with Gasteiger partial charge in [-0.05, 0) is 31.7 Å².